The van der Waals surface area contributed by atoms with Gasteiger partial charge >= 0.3 is 6.03 Å². The lowest BCUT2D eigenvalue weighted by Crippen LogP contribution is -2.57. The second kappa shape index (κ2) is 4.53. The number of hydrogen-bond donors (Lipinski definition) is 1. The molecule has 3 amide bonds. The largest absolute Gasteiger partial charge is 0.334 e. The maximum atomic E-state index is 12.0. The summed E-state index contributed by atoms with van der Waals surface area (Å²) in [5.41, 5.74) is 0.706. The number of carbonyl (C=O) groups is 2. The molecule has 2 unspecified atom stereocenters. The standard InChI is InChI=1S/C12H15N3O2/c1-8-9(2)14-12(17)15(11(8)16)7-10-5-3-4-6-13-10/h3-6,8-9H,7H2,1-2H3,(H,14,17). The van der Waals surface area contributed by atoms with E-state index in [4.69, 9.17) is 0 Å². The van der Waals surface area contributed by atoms with Crippen molar-refractivity contribution >= 4 is 11.9 Å². The third-order valence-electron chi connectivity index (χ3n) is 3.05. The van der Waals surface area contributed by atoms with Gasteiger partial charge in [-0.3, -0.25) is 14.7 Å². The number of aromatic nitrogens is 1. The van der Waals surface area contributed by atoms with Crippen LogP contribution in [0.2, 0.25) is 0 Å². The Kier molecular flexibility index (Phi) is 3.08. The highest BCUT2D eigenvalue weighted by atomic mass is 16.2. The third kappa shape index (κ3) is 2.27. The van der Waals surface area contributed by atoms with Gasteiger partial charge < -0.3 is 5.32 Å². The maximum absolute atomic E-state index is 12.0. The molecule has 0 aliphatic carbocycles. The molecule has 1 saturated heterocycles. The number of carbonyl (C=O) groups excluding carboxylic acids is 2. The average Bonchev–Trinajstić information content (AvgIpc) is 2.33. The molecular weight excluding hydrogens is 218 g/mol. The molecule has 2 heterocycles. The minimum absolute atomic E-state index is 0.116. The minimum Gasteiger partial charge on any atom is -0.334 e. The Morgan fingerprint density at radius 2 is 2.12 bits per heavy atom. The summed E-state index contributed by atoms with van der Waals surface area (Å²) in [6.07, 6.45) is 1.65. The first-order chi connectivity index (χ1) is 8.09. The fraction of sp³-hybridized carbons (Fsp3) is 0.417. The second-order valence-electron chi connectivity index (χ2n) is 4.27. The first-order valence-corrected chi connectivity index (χ1v) is 5.61. The van der Waals surface area contributed by atoms with Gasteiger partial charge in [-0.2, -0.15) is 0 Å². The number of imide groups is 1. The maximum Gasteiger partial charge on any atom is 0.324 e. The van der Waals surface area contributed by atoms with Crippen molar-refractivity contribution < 1.29 is 9.59 Å². The molecule has 0 aromatic carbocycles. The van der Waals surface area contributed by atoms with E-state index in [1.807, 2.05) is 19.9 Å². The molecule has 2 atom stereocenters. The number of nitrogens with one attached hydrogen (secondary N) is 1. The molecule has 0 bridgehead atoms. The highest BCUT2D eigenvalue weighted by Gasteiger charge is 2.35. The van der Waals surface area contributed by atoms with Gasteiger partial charge in [0.1, 0.15) is 0 Å². The fourth-order valence-electron chi connectivity index (χ4n) is 1.76. The van der Waals surface area contributed by atoms with Gasteiger partial charge in [0.15, 0.2) is 0 Å². The first-order valence-electron chi connectivity index (χ1n) is 5.61. The van der Waals surface area contributed by atoms with Crippen molar-refractivity contribution in [3.8, 4) is 0 Å². The fourth-order valence-corrected chi connectivity index (χ4v) is 1.76. The summed E-state index contributed by atoms with van der Waals surface area (Å²) in [6.45, 7) is 3.87. The number of hydrogen-bond acceptors (Lipinski definition) is 3. The zero-order valence-corrected chi connectivity index (χ0v) is 9.88. The lowest BCUT2D eigenvalue weighted by molar-refractivity contribution is -0.135. The van der Waals surface area contributed by atoms with Gasteiger partial charge in [0, 0.05) is 12.2 Å². The minimum atomic E-state index is -0.341. The summed E-state index contributed by atoms with van der Waals surface area (Å²) < 4.78 is 0. The Balaban J connectivity index is 2.15. The van der Waals surface area contributed by atoms with E-state index in [9.17, 15) is 9.59 Å². The number of nitrogens with zero attached hydrogens (tertiary/aromatic N) is 2. The van der Waals surface area contributed by atoms with E-state index in [0.717, 1.165) is 0 Å². The number of rotatable bonds is 2. The summed E-state index contributed by atoms with van der Waals surface area (Å²) in [5, 5.41) is 2.77. The van der Waals surface area contributed by atoms with Crippen LogP contribution in [0.25, 0.3) is 0 Å². The molecule has 1 aromatic rings. The van der Waals surface area contributed by atoms with Crippen LogP contribution in [0.3, 0.4) is 0 Å². The van der Waals surface area contributed by atoms with Crippen LogP contribution in [-0.4, -0.2) is 27.9 Å². The monoisotopic (exact) mass is 233 g/mol. The van der Waals surface area contributed by atoms with Gasteiger partial charge in [0.2, 0.25) is 5.91 Å². The van der Waals surface area contributed by atoms with E-state index in [2.05, 4.69) is 10.3 Å². The van der Waals surface area contributed by atoms with Crippen LogP contribution in [0.4, 0.5) is 4.79 Å². The molecule has 1 aromatic heterocycles. The van der Waals surface area contributed by atoms with Gasteiger partial charge in [0.25, 0.3) is 0 Å². The van der Waals surface area contributed by atoms with E-state index in [1.165, 1.54) is 4.90 Å². The van der Waals surface area contributed by atoms with E-state index in [0.29, 0.717) is 5.69 Å². The zero-order valence-electron chi connectivity index (χ0n) is 9.88. The Morgan fingerprint density at radius 1 is 1.35 bits per heavy atom. The number of pyridine rings is 1. The topological polar surface area (TPSA) is 62.3 Å². The van der Waals surface area contributed by atoms with Crippen molar-refractivity contribution in [2.75, 3.05) is 0 Å². The van der Waals surface area contributed by atoms with Crippen LogP contribution in [0.1, 0.15) is 19.5 Å². The van der Waals surface area contributed by atoms with Crippen molar-refractivity contribution in [3.63, 3.8) is 0 Å². The zero-order chi connectivity index (χ0) is 12.4. The van der Waals surface area contributed by atoms with Crippen LogP contribution in [0, 0.1) is 5.92 Å². The van der Waals surface area contributed by atoms with Crippen LogP contribution >= 0.6 is 0 Å². The van der Waals surface area contributed by atoms with E-state index >= 15 is 0 Å². The Bertz CT molecular complexity index is 433. The molecule has 17 heavy (non-hydrogen) atoms. The molecule has 0 radical (unpaired) electrons. The number of urea groups is 1. The molecule has 2 rings (SSSR count). The SMILES string of the molecule is CC1NC(=O)N(Cc2ccccn2)C(=O)C1C. The van der Waals surface area contributed by atoms with E-state index in [1.54, 1.807) is 18.3 Å². The normalized spacial score (nSPS) is 24.7. The smallest absolute Gasteiger partial charge is 0.324 e. The van der Waals surface area contributed by atoms with Crippen LogP contribution in [0.5, 0.6) is 0 Å². The van der Waals surface area contributed by atoms with Crippen molar-refractivity contribution in [2.45, 2.75) is 26.4 Å². The molecule has 5 nitrogen and oxygen atoms in total. The van der Waals surface area contributed by atoms with E-state index < -0.39 is 0 Å². The molecule has 1 aliphatic heterocycles. The van der Waals surface area contributed by atoms with Crippen molar-refractivity contribution in [2.24, 2.45) is 5.92 Å². The van der Waals surface area contributed by atoms with Gasteiger partial charge in [0.05, 0.1) is 18.2 Å². The molecule has 0 saturated carbocycles. The van der Waals surface area contributed by atoms with Gasteiger partial charge in [-0.15, -0.1) is 0 Å². The van der Waals surface area contributed by atoms with E-state index in [-0.39, 0.29) is 30.4 Å². The predicted molar refractivity (Wildman–Crippen MR) is 61.9 cm³/mol. The predicted octanol–water partition coefficient (Wildman–Crippen LogP) is 1.16. The summed E-state index contributed by atoms with van der Waals surface area (Å²) in [7, 11) is 0. The molecule has 5 heteroatoms. The van der Waals surface area contributed by atoms with Crippen molar-refractivity contribution in [1.82, 2.24) is 15.2 Å². The molecule has 90 valence electrons. The molecule has 1 aliphatic rings. The van der Waals surface area contributed by atoms with Crippen LogP contribution in [0.15, 0.2) is 24.4 Å². The molecule has 1 fully saturated rings. The van der Waals surface area contributed by atoms with Gasteiger partial charge in [-0.1, -0.05) is 13.0 Å². The summed E-state index contributed by atoms with van der Waals surface area (Å²) >= 11 is 0. The van der Waals surface area contributed by atoms with Crippen LogP contribution in [-0.2, 0) is 11.3 Å². The quantitative estimate of drug-likeness (QED) is 0.833. The Hall–Kier alpha value is -1.91. The van der Waals surface area contributed by atoms with Gasteiger partial charge in [-0.05, 0) is 19.1 Å². The lowest BCUT2D eigenvalue weighted by atomic mass is 10.00. The molecule has 0 spiro atoms. The summed E-state index contributed by atoms with van der Waals surface area (Å²) in [4.78, 5) is 29.0. The Labute approximate surface area is 99.8 Å². The molecular formula is C12H15N3O2. The Morgan fingerprint density at radius 3 is 2.76 bits per heavy atom. The lowest BCUT2D eigenvalue weighted by Gasteiger charge is -2.33. The van der Waals surface area contributed by atoms with Crippen molar-refractivity contribution in [3.05, 3.63) is 30.1 Å². The van der Waals surface area contributed by atoms with Gasteiger partial charge in [-0.25, -0.2) is 4.79 Å². The van der Waals surface area contributed by atoms with Crippen molar-refractivity contribution in [1.29, 1.82) is 0 Å². The highest BCUT2D eigenvalue weighted by Crippen LogP contribution is 2.16. The highest BCUT2D eigenvalue weighted by molar-refractivity contribution is 5.98. The second-order valence-corrected chi connectivity index (χ2v) is 4.27. The van der Waals surface area contributed by atoms with Crippen LogP contribution < -0.4 is 5.32 Å². The first kappa shape index (κ1) is 11.6. The number of amides is 3. The average molecular weight is 233 g/mol. The third-order valence-corrected chi connectivity index (χ3v) is 3.05. The molecule has 1 N–H and O–H groups in total. The summed E-state index contributed by atoms with van der Waals surface area (Å²) in [6, 6.07) is 4.97. The summed E-state index contributed by atoms with van der Waals surface area (Å²) in [5.74, 6) is -0.344.